The maximum absolute atomic E-state index is 13.2. The first-order valence-electron chi connectivity index (χ1n) is 15.0. The highest BCUT2D eigenvalue weighted by atomic mass is 16.6. The minimum atomic E-state index is -0.538. The van der Waals surface area contributed by atoms with Crippen LogP contribution in [0.25, 0.3) is 32.7 Å². The molecule has 2 aliphatic heterocycles. The summed E-state index contributed by atoms with van der Waals surface area (Å²) >= 11 is 0. The largest absolute Gasteiger partial charge is 0.418 e. The fraction of sp³-hybridized carbons (Fsp3) is 0.0500. The van der Waals surface area contributed by atoms with E-state index in [2.05, 4.69) is 46.2 Å². The van der Waals surface area contributed by atoms with E-state index in [1.54, 1.807) is 0 Å². The van der Waals surface area contributed by atoms with E-state index in [-0.39, 0.29) is 22.7 Å². The molecule has 0 unspecified atom stereocenters. The molecular weight excluding hydrogens is 572 g/mol. The minimum Gasteiger partial charge on any atom is -0.418 e. The van der Waals surface area contributed by atoms with Gasteiger partial charge in [0.25, 0.3) is 0 Å². The molecule has 0 aliphatic carbocycles. The molecule has 0 saturated heterocycles. The van der Waals surface area contributed by atoms with Crippen molar-refractivity contribution in [3.05, 3.63) is 156 Å². The summed E-state index contributed by atoms with van der Waals surface area (Å²) < 4.78 is 11.4. The van der Waals surface area contributed by atoms with Crippen LogP contribution in [0, 0.1) is 0 Å². The number of fused-ring (bicyclic) bond motifs is 3. The Morgan fingerprint density at radius 1 is 0.413 bits per heavy atom. The van der Waals surface area contributed by atoms with Crippen LogP contribution < -0.4 is 9.80 Å². The summed E-state index contributed by atoms with van der Waals surface area (Å²) in [4.78, 5) is 30.7. The first-order valence-corrected chi connectivity index (χ1v) is 15.0. The van der Waals surface area contributed by atoms with Crippen LogP contribution in [-0.2, 0) is 19.1 Å². The predicted octanol–water partition coefficient (Wildman–Crippen LogP) is 8.76. The molecule has 0 amide bonds. The third kappa shape index (κ3) is 4.59. The van der Waals surface area contributed by atoms with E-state index in [1.807, 2.05) is 111 Å². The van der Waals surface area contributed by atoms with E-state index < -0.39 is 11.9 Å². The molecule has 8 rings (SSSR count). The van der Waals surface area contributed by atoms with Crippen molar-refractivity contribution in [3.8, 4) is 0 Å². The number of carbonyl (C=O) groups is 2. The van der Waals surface area contributed by atoms with Crippen LogP contribution in [0.2, 0.25) is 0 Å². The number of hydrogen-bond acceptors (Lipinski definition) is 6. The van der Waals surface area contributed by atoms with Crippen LogP contribution in [0.3, 0.4) is 0 Å². The molecule has 6 aromatic rings. The molecule has 0 saturated carbocycles. The molecule has 0 radical (unpaired) electrons. The Kier molecular flexibility index (Phi) is 6.43. The average Bonchev–Trinajstić information content (AvgIpc) is 3.59. The highest BCUT2D eigenvalue weighted by Gasteiger charge is 2.43. The number of rotatable bonds is 6. The third-order valence-electron chi connectivity index (χ3n) is 8.74. The van der Waals surface area contributed by atoms with E-state index in [0.717, 1.165) is 44.3 Å². The summed E-state index contributed by atoms with van der Waals surface area (Å²) in [5, 5.41) is 3.96. The molecule has 2 heterocycles. The van der Waals surface area contributed by atoms with Crippen molar-refractivity contribution in [1.29, 1.82) is 0 Å². The summed E-state index contributed by atoms with van der Waals surface area (Å²) in [5.74, 6) is -0.734. The van der Waals surface area contributed by atoms with Gasteiger partial charge in [-0.1, -0.05) is 72.8 Å². The van der Waals surface area contributed by atoms with Gasteiger partial charge in [0.1, 0.15) is 11.1 Å². The monoisotopic (exact) mass is 600 g/mol. The van der Waals surface area contributed by atoms with E-state index >= 15 is 0 Å². The minimum absolute atomic E-state index is 0.171. The second-order valence-electron chi connectivity index (χ2n) is 11.5. The standard InChI is InChI=1S/C40H28N2O4/c1-41(31-9-5-3-6-10-31)33-19-17-25-21-29(15-13-27(25)23-33)35-37-38(46-39(35)43)36(40(44)45-37)30-16-14-28-24-34(20-18-26(28)22-30)42(2)32-11-7-4-8-12-32/h3-24H,1-2H3. The zero-order valence-corrected chi connectivity index (χ0v) is 25.2. The molecule has 6 aromatic carbocycles. The number of nitrogens with zero attached hydrogens (tertiary/aromatic N) is 2. The Morgan fingerprint density at radius 3 is 1.20 bits per heavy atom. The molecule has 46 heavy (non-hydrogen) atoms. The van der Waals surface area contributed by atoms with Crippen LogP contribution in [-0.4, -0.2) is 26.0 Å². The maximum atomic E-state index is 13.2. The number of esters is 2. The second-order valence-corrected chi connectivity index (χ2v) is 11.5. The van der Waals surface area contributed by atoms with E-state index in [1.165, 1.54) is 0 Å². The molecule has 6 nitrogen and oxygen atoms in total. The summed E-state index contributed by atoms with van der Waals surface area (Å²) in [5.41, 5.74) is 6.03. The van der Waals surface area contributed by atoms with Gasteiger partial charge in [-0.2, -0.15) is 0 Å². The normalized spacial score (nSPS) is 14.1. The summed E-state index contributed by atoms with van der Waals surface area (Å²) in [6.45, 7) is 0. The van der Waals surface area contributed by atoms with Gasteiger partial charge in [-0.3, -0.25) is 0 Å². The Balaban J connectivity index is 1.12. The van der Waals surface area contributed by atoms with Crippen molar-refractivity contribution >= 4 is 67.4 Å². The predicted molar refractivity (Wildman–Crippen MR) is 183 cm³/mol. The zero-order chi connectivity index (χ0) is 31.4. The topological polar surface area (TPSA) is 59.1 Å². The van der Waals surface area contributed by atoms with Gasteiger partial charge in [0, 0.05) is 36.8 Å². The smallest absolute Gasteiger partial charge is 0.348 e. The lowest BCUT2D eigenvalue weighted by molar-refractivity contribution is -0.131. The van der Waals surface area contributed by atoms with Gasteiger partial charge in [-0.15, -0.1) is 0 Å². The van der Waals surface area contributed by atoms with E-state index in [4.69, 9.17) is 9.47 Å². The van der Waals surface area contributed by atoms with Gasteiger partial charge in [0.05, 0.1) is 0 Å². The van der Waals surface area contributed by atoms with Gasteiger partial charge in [0.15, 0.2) is 11.5 Å². The molecule has 0 spiro atoms. The van der Waals surface area contributed by atoms with E-state index in [9.17, 15) is 9.59 Å². The summed E-state index contributed by atoms with van der Waals surface area (Å²) in [7, 11) is 4.06. The van der Waals surface area contributed by atoms with Crippen molar-refractivity contribution in [3.63, 3.8) is 0 Å². The Bertz CT molecular complexity index is 2110. The fourth-order valence-electron chi connectivity index (χ4n) is 6.19. The molecule has 0 bridgehead atoms. The van der Waals surface area contributed by atoms with Crippen molar-refractivity contribution in [1.82, 2.24) is 0 Å². The van der Waals surface area contributed by atoms with Crippen LogP contribution in [0.15, 0.2) is 145 Å². The highest BCUT2D eigenvalue weighted by molar-refractivity contribution is 6.29. The molecule has 0 atom stereocenters. The third-order valence-corrected chi connectivity index (χ3v) is 8.74. The SMILES string of the molecule is CN(c1ccccc1)c1ccc2cc(C3=C4OC(=O)C(c5ccc6cc(N(C)c7ccccc7)ccc6c5)=C4OC3=O)ccc2c1. The Labute approximate surface area is 266 Å². The summed E-state index contributed by atoms with van der Waals surface area (Å²) in [6, 6.07) is 44.2. The lowest BCUT2D eigenvalue weighted by Crippen LogP contribution is -2.09. The van der Waals surface area contributed by atoms with Gasteiger partial charge < -0.3 is 19.3 Å². The van der Waals surface area contributed by atoms with Gasteiger partial charge in [0.2, 0.25) is 0 Å². The Morgan fingerprint density at radius 2 is 0.783 bits per heavy atom. The molecule has 6 heteroatoms. The molecule has 0 N–H and O–H groups in total. The molecular formula is C40H28N2O4. The quantitative estimate of drug-likeness (QED) is 0.178. The Hall–Kier alpha value is -6.14. The average molecular weight is 601 g/mol. The van der Waals surface area contributed by atoms with Gasteiger partial charge >= 0.3 is 11.9 Å². The van der Waals surface area contributed by atoms with Crippen LogP contribution in [0.1, 0.15) is 11.1 Å². The maximum Gasteiger partial charge on any atom is 0.348 e. The number of hydrogen-bond donors (Lipinski definition) is 0. The van der Waals surface area contributed by atoms with Crippen molar-refractivity contribution < 1.29 is 19.1 Å². The van der Waals surface area contributed by atoms with Crippen molar-refractivity contribution in [2.75, 3.05) is 23.9 Å². The molecule has 0 aromatic heterocycles. The second kappa shape index (κ2) is 10.8. The lowest BCUT2D eigenvalue weighted by atomic mass is 9.98. The molecule has 2 aliphatic rings. The van der Waals surface area contributed by atoms with Crippen molar-refractivity contribution in [2.45, 2.75) is 0 Å². The van der Waals surface area contributed by atoms with Gasteiger partial charge in [-0.05, 0) is 93.3 Å². The summed E-state index contributed by atoms with van der Waals surface area (Å²) in [6.07, 6.45) is 0. The highest BCUT2D eigenvalue weighted by Crippen LogP contribution is 2.44. The first-order chi connectivity index (χ1) is 22.4. The van der Waals surface area contributed by atoms with Gasteiger partial charge in [-0.25, -0.2) is 9.59 Å². The molecule has 0 fully saturated rings. The first kappa shape index (κ1) is 27.4. The number of carbonyl (C=O) groups excluding carboxylic acids is 2. The zero-order valence-electron chi connectivity index (χ0n) is 25.2. The molecule has 222 valence electrons. The number of benzene rings is 6. The lowest BCUT2D eigenvalue weighted by Gasteiger charge is -2.20. The van der Waals surface area contributed by atoms with Crippen LogP contribution >= 0.6 is 0 Å². The van der Waals surface area contributed by atoms with Crippen LogP contribution in [0.4, 0.5) is 22.7 Å². The van der Waals surface area contributed by atoms with Crippen LogP contribution in [0.5, 0.6) is 0 Å². The fourth-order valence-corrected chi connectivity index (χ4v) is 6.19. The number of para-hydroxylation sites is 2. The number of ether oxygens (including phenoxy) is 2. The van der Waals surface area contributed by atoms with E-state index in [0.29, 0.717) is 11.1 Å². The van der Waals surface area contributed by atoms with Crippen molar-refractivity contribution in [2.24, 2.45) is 0 Å². The number of anilines is 4.